The number of para-hydroxylation sites is 2. The van der Waals surface area contributed by atoms with Crippen molar-refractivity contribution in [2.24, 2.45) is 0 Å². The first kappa shape index (κ1) is 57.0. The molecule has 18 aromatic rings. The minimum Gasteiger partial charge on any atom is -0.456 e. The van der Waals surface area contributed by atoms with Gasteiger partial charge in [0.15, 0.2) is 24.2 Å². The van der Waals surface area contributed by atoms with E-state index in [0.29, 0.717) is 0 Å². The molecular formula is C90H64N2OSi3. The van der Waals surface area contributed by atoms with Crippen molar-refractivity contribution in [2.45, 2.75) is 0 Å². The predicted octanol–water partition coefficient (Wildman–Crippen LogP) is 13.9. The van der Waals surface area contributed by atoms with E-state index < -0.39 is 24.2 Å². The average molecular weight is 1270 g/mol. The van der Waals surface area contributed by atoms with E-state index in [2.05, 4.69) is 397 Å². The van der Waals surface area contributed by atoms with Crippen molar-refractivity contribution in [1.29, 1.82) is 0 Å². The highest BCUT2D eigenvalue weighted by Gasteiger charge is 2.47. The third kappa shape index (κ3) is 8.63. The first-order valence-corrected chi connectivity index (χ1v) is 39.2. The fraction of sp³-hybridized carbons (Fsp3) is 0. The summed E-state index contributed by atoms with van der Waals surface area (Å²) in [6.07, 6.45) is 0. The van der Waals surface area contributed by atoms with Crippen LogP contribution in [0.25, 0.3) is 76.9 Å². The monoisotopic (exact) mass is 1270 g/mol. The van der Waals surface area contributed by atoms with E-state index in [1.807, 2.05) is 0 Å². The number of nitrogens with zero attached hydrogens (tertiary/aromatic N) is 2. The summed E-state index contributed by atoms with van der Waals surface area (Å²) in [5.74, 6) is 0. The van der Waals surface area contributed by atoms with Crippen LogP contribution in [0.1, 0.15) is 0 Å². The minimum absolute atomic E-state index is 0.851. The summed E-state index contributed by atoms with van der Waals surface area (Å²) >= 11 is 0. The number of rotatable bonds is 14. The topological polar surface area (TPSA) is 23.0 Å². The lowest BCUT2D eigenvalue weighted by Gasteiger charge is -2.35. The van der Waals surface area contributed by atoms with E-state index in [1.165, 1.54) is 83.8 Å². The van der Waals surface area contributed by atoms with Crippen LogP contribution in [0.5, 0.6) is 0 Å². The zero-order valence-corrected chi connectivity index (χ0v) is 55.8. The largest absolute Gasteiger partial charge is 0.456 e. The Bertz CT molecular complexity index is 5570. The molecular weight excluding hydrogens is 1210 g/mol. The molecule has 0 radical (unpaired) electrons. The maximum absolute atomic E-state index is 6.87. The first-order chi connectivity index (χ1) is 47.7. The van der Waals surface area contributed by atoms with Crippen molar-refractivity contribution in [2.75, 3.05) is 0 Å². The van der Waals surface area contributed by atoms with Gasteiger partial charge in [0.2, 0.25) is 0 Å². The third-order valence-corrected chi connectivity index (χ3v) is 34.9. The van der Waals surface area contributed by atoms with Crippen LogP contribution >= 0.6 is 0 Å². The van der Waals surface area contributed by atoms with E-state index in [9.17, 15) is 0 Å². The van der Waals surface area contributed by atoms with Crippen molar-refractivity contribution in [3.05, 3.63) is 388 Å². The van der Waals surface area contributed by atoms with Crippen molar-refractivity contribution >= 4 is 152 Å². The molecule has 96 heavy (non-hydrogen) atoms. The number of aromatic nitrogens is 2. The molecule has 18 rings (SSSR count). The molecule has 0 atom stereocenters. The van der Waals surface area contributed by atoms with Crippen molar-refractivity contribution in [1.82, 2.24) is 9.13 Å². The van der Waals surface area contributed by atoms with E-state index >= 15 is 0 Å². The van der Waals surface area contributed by atoms with Gasteiger partial charge in [0.05, 0.1) is 33.1 Å². The van der Waals surface area contributed by atoms with Crippen LogP contribution in [-0.4, -0.2) is 33.4 Å². The zero-order chi connectivity index (χ0) is 63.6. The Labute approximate surface area is 561 Å². The van der Waals surface area contributed by atoms with Gasteiger partial charge in [-0.25, -0.2) is 0 Å². The number of hydrogen-bond acceptors (Lipinski definition) is 1. The quantitative estimate of drug-likeness (QED) is 0.0786. The van der Waals surface area contributed by atoms with E-state index in [-0.39, 0.29) is 0 Å². The van der Waals surface area contributed by atoms with Gasteiger partial charge in [-0.3, -0.25) is 0 Å². The maximum Gasteiger partial charge on any atom is 0.180 e. The molecule has 0 aliphatic carbocycles. The molecule has 0 saturated heterocycles. The highest BCUT2D eigenvalue weighted by Crippen LogP contribution is 2.45. The Morgan fingerprint density at radius 2 is 0.573 bits per heavy atom. The van der Waals surface area contributed by atoms with Crippen LogP contribution in [0, 0.1) is 0 Å². The Hall–Kier alpha value is -11.6. The summed E-state index contributed by atoms with van der Waals surface area (Å²) in [6, 6.07) is 147. The lowest BCUT2D eigenvalue weighted by Crippen LogP contribution is -2.74. The number of benzene rings is 15. The van der Waals surface area contributed by atoms with E-state index in [1.54, 1.807) is 0 Å². The van der Waals surface area contributed by atoms with Crippen LogP contribution in [0.15, 0.2) is 393 Å². The molecule has 0 fully saturated rings. The van der Waals surface area contributed by atoms with Crippen LogP contribution in [0.4, 0.5) is 0 Å². The molecule has 0 bridgehead atoms. The van der Waals surface area contributed by atoms with Gasteiger partial charge in [-0.2, -0.15) is 0 Å². The van der Waals surface area contributed by atoms with Crippen molar-refractivity contribution in [3.8, 4) is 11.4 Å². The molecule has 6 heteroatoms. The van der Waals surface area contributed by atoms with Gasteiger partial charge in [0.1, 0.15) is 11.2 Å². The fourth-order valence-corrected chi connectivity index (χ4v) is 31.2. The molecule has 3 heterocycles. The molecule has 0 spiro atoms. The van der Waals surface area contributed by atoms with E-state index in [0.717, 1.165) is 55.4 Å². The van der Waals surface area contributed by atoms with Crippen LogP contribution < -0.4 is 62.2 Å². The number of fused-ring (bicyclic) bond motifs is 10. The van der Waals surface area contributed by atoms with Crippen LogP contribution in [0.2, 0.25) is 0 Å². The fourth-order valence-electron chi connectivity index (χ4n) is 16.7. The smallest absolute Gasteiger partial charge is 0.180 e. The Morgan fingerprint density at radius 3 is 1.04 bits per heavy atom. The lowest BCUT2D eigenvalue weighted by atomic mass is 10.1. The van der Waals surface area contributed by atoms with Gasteiger partial charge in [-0.15, -0.1) is 0 Å². The van der Waals surface area contributed by atoms with Crippen molar-refractivity contribution in [3.63, 3.8) is 0 Å². The van der Waals surface area contributed by atoms with Gasteiger partial charge in [-0.1, -0.05) is 340 Å². The first-order valence-electron chi connectivity index (χ1n) is 33.2. The van der Waals surface area contributed by atoms with Crippen LogP contribution in [0.3, 0.4) is 0 Å². The van der Waals surface area contributed by atoms with Crippen molar-refractivity contribution < 1.29 is 4.42 Å². The Kier molecular flexibility index (Phi) is 13.9. The normalized spacial score (nSPS) is 12.2. The minimum atomic E-state index is -3.42. The summed E-state index contributed by atoms with van der Waals surface area (Å²) in [4.78, 5) is 0. The van der Waals surface area contributed by atoms with Gasteiger partial charge < -0.3 is 13.6 Å². The summed E-state index contributed by atoms with van der Waals surface area (Å²) < 4.78 is 12.2. The van der Waals surface area contributed by atoms with Crippen LogP contribution in [-0.2, 0) is 0 Å². The molecule has 452 valence electrons. The Morgan fingerprint density at radius 1 is 0.208 bits per heavy atom. The second-order valence-corrected chi connectivity index (χ2v) is 36.7. The summed E-state index contributed by atoms with van der Waals surface area (Å²) in [7, 11) is -9.66. The molecule has 0 N–H and O–H groups in total. The molecule has 0 amide bonds. The lowest BCUT2D eigenvalue weighted by molar-refractivity contribution is 0.669. The second kappa shape index (κ2) is 23.4. The average Bonchev–Trinajstić information content (AvgIpc) is 1.49. The van der Waals surface area contributed by atoms with Gasteiger partial charge in [0.25, 0.3) is 0 Å². The SMILES string of the molecule is c1ccc([Si](c2ccccc2)(c2ccccc2)c2cccc(-n3c4cc([Si](c5ccccc5)(c5ccccc5)c5ccccc5)ccc4c4c3cc([Si](c3ccccc3)(c3ccccc3)c3ccccc3)c3c5ccccc5n(-c5cccc6oc7ccccc7c56)c34)c2)cc1. The standard InChI is InChI=1S/C90H64N2OSi3/c1-10-35-66(36-11-1)94(67-37-12-2-13-38-67,68-39-14-3-15-40-68)75-53-32-34-65(62-75)91-82-63-76(95(69-41-16-4-17-42-69,70-43-18-5-19-44-70)71-45-20-6-21-46-71)60-61-78(82)88-83(91)64-86(96(72-47-22-7-23-48-72,73-49-24-8-25-50-73)74-51-26-9-27-52-74)89-77-54-28-30-56-80(77)92(90(88)89)81-57-33-59-85-87(81)79-55-29-31-58-84(79)93-85/h1-64H. The third-order valence-electron chi connectivity index (χ3n) is 20.5. The van der Waals surface area contributed by atoms with Gasteiger partial charge >= 0.3 is 0 Å². The summed E-state index contributed by atoms with van der Waals surface area (Å²) in [5.41, 5.74) is 8.44. The molecule has 0 saturated carbocycles. The molecule has 0 aliphatic heterocycles. The number of hydrogen-bond donors (Lipinski definition) is 0. The molecule has 0 unspecified atom stereocenters. The predicted molar refractivity (Wildman–Crippen MR) is 413 cm³/mol. The summed E-state index contributed by atoms with van der Waals surface area (Å²) in [6.45, 7) is 0. The highest BCUT2D eigenvalue weighted by atomic mass is 28.3. The van der Waals surface area contributed by atoms with Gasteiger partial charge in [0, 0.05) is 32.6 Å². The Balaban J connectivity index is 1.10. The molecule has 3 nitrogen and oxygen atoms in total. The maximum atomic E-state index is 6.87. The highest BCUT2D eigenvalue weighted by molar-refractivity contribution is 7.22. The molecule has 0 aliphatic rings. The zero-order valence-electron chi connectivity index (χ0n) is 52.8. The van der Waals surface area contributed by atoms with E-state index in [4.69, 9.17) is 4.42 Å². The summed E-state index contributed by atoms with van der Waals surface area (Å²) in [5, 5.41) is 22.8. The molecule has 15 aromatic carbocycles. The molecule has 3 aromatic heterocycles. The van der Waals surface area contributed by atoms with Gasteiger partial charge in [-0.05, 0) is 111 Å². The number of furan rings is 1. The second-order valence-electron chi connectivity index (χ2n) is 25.3.